The van der Waals surface area contributed by atoms with Crippen molar-refractivity contribution in [3.05, 3.63) is 71.8 Å². The number of piperidine rings is 1. The van der Waals surface area contributed by atoms with Crippen LogP contribution in [0, 0.1) is 23.7 Å². The van der Waals surface area contributed by atoms with E-state index < -0.39 is 0 Å². The molecular weight excluding hydrogens is 1230 g/mol. The van der Waals surface area contributed by atoms with Crippen LogP contribution in [0.1, 0.15) is 207 Å². The quantitative estimate of drug-likeness (QED) is 0.117. The molecule has 0 aromatic heterocycles. The van der Waals surface area contributed by atoms with Crippen molar-refractivity contribution in [3.8, 4) is 0 Å². The van der Waals surface area contributed by atoms with Gasteiger partial charge in [0.15, 0.2) is 0 Å². The van der Waals surface area contributed by atoms with Gasteiger partial charge in [-0.2, -0.15) is 0 Å². The minimum absolute atomic E-state index is 0. The molecule has 96 heavy (non-hydrogen) atoms. The fourth-order valence-electron chi connectivity index (χ4n) is 2.84. The molecule has 1 aliphatic heterocycles. The molecule has 0 atom stereocenters. The first-order valence-electron chi connectivity index (χ1n) is 29.5. The first-order valence-corrected chi connectivity index (χ1v) is 29.5. The second kappa shape index (κ2) is 342. The van der Waals surface area contributed by atoms with Crippen molar-refractivity contribution in [3.63, 3.8) is 0 Å². The van der Waals surface area contributed by atoms with E-state index in [-0.39, 0.29) is 48.9 Å². The Morgan fingerprint density at radius 2 is 0.521 bits per heavy atom. The van der Waals surface area contributed by atoms with Crippen molar-refractivity contribution in [1.82, 2.24) is 41.8 Å². The van der Waals surface area contributed by atoms with Crippen molar-refractivity contribution >= 4 is 87.4 Å². The standard InChI is InChI=1S/2C8H10.C7H13NO.4C5H12.C4H11N.C3H8O.C2H6.5CH5N.12CH2O.6H3N/c2*1-2-8-6-4-3-5-7-8;1-7(9)8-5-3-2-4-6-8;4*1-4-5(2)3;1-2-3-4-5;1-3(2)4;18*1-2;;;;;;/h2*3-7H,2H2,1H3;2-6H2,1H3;4*5H,4H2,1-3H3;2-5H2,1H3;3-4H,1-2H3;1-2H3;5*2H2,1H3;12*1H2;6*1H3. The number of nitrogens with zero attached hydrogens (tertiary/aromatic N) is 1. The second-order valence-corrected chi connectivity index (χ2v) is 15.7. The van der Waals surface area contributed by atoms with Crippen LogP contribution in [0.5, 0.6) is 0 Å². The van der Waals surface area contributed by atoms with Crippen LogP contribution in [0.4, 0.5) is 0 Å². The topological polar surface area (TPSA) is 611 Å². The summed E-state index contributed by atoms with van der Waals surface area (Å²) in [4.78, 5) is 109. The SMILES string of the molecule is C=O.C=O.C=O.C=O.C=O.C=O.C=O.C=O.C=O.C=O.C=O.C=O.CC.CC(=O)N1CCCCC1.CC(C)O.CCC(C)C.CCC(C)C.CCC(C)C.CCC(C)C.CCCCN.CCc1ccccc1.CCc1ccccc1.CN.CN.CN.CN.CN.N.N.N.N.N.N. The highest BCUT2D eigenvalue weighted by atomic mass is 16.3. The fourth-order valence-corrected chi connectivity index (χ4v) is 2.84. The van der Waals surface area contributed by atoms with Crippen molar-refractivity contribution in [2.75, 3.05) is 54.9 Å². The highest BCUT2D eigenvalue weighted by Gasteiger charge is 2.11. The second-order valence-electron chi connectivity index (χ2n) is 15.7. The van der Waals surface area contributed by atoms with Gasteiger partial charge in [-0.1, -0.05) is 210 Å². The summed E-state index contributed by atoms with van der Waals surface area (Å²) in [5.74, 6) is 3.77. The lowest BCUT2D eigenvalue weighted by molar-refractivity contribution is -0.129. The third-order valence-corrected chi connectivity index (χ3v) is 8.13. The van der Waals surface area contributed by atoms with E-state index in [2.05, 4.69) is 181 Å². The molecule has 27 heteroatoms. The van der Waals surface area contributed by atoms with Gasteiger partial charge in [0, 0.05) is 26.1 Å². The number of rotatable bonds is 8. The van der Waals surface area contributed by atoms with Crippen molar-refractivity contribution in [1.29, 1.82) is 0 Å². The van der Waals surface area contributed by atoms with Gasteiger partial charge in [0.1, 0.15) is 81.5 Å². The molecule has 0 saturated carbocycles. The van der Waals surface area contributed by atoms with Crippen molar-refractivity contribution in [2.24, 2.45) is 58.1 Å². The lowest BCUT2D eigenvalue weighted by atomic mass is 10.1. The third-order valence-electron chi connectivity index (χ3n) is 8.13. The Morgan fingerprint density at radius 3 is 0.583 bits per heavy atom. The average molecular weight is 1410 g/mol. The molecule has 1 aliphatic rings. The molecule has 0 bridgehead atoms. The minimum Gasteiger partial charge on any atom is -0.394 e. The fraction of sp³-hybridized carbons (Fsp3) is 0.638. The number of carbonyl (C=O) groups excluding carboxylic acids is 13. The molecule has 3 rings (SSSR count). The maximum absolute atomic E-state index is 10.7. The van der Waals surface area contributed by atoms with E-state index in [9.17, 15) is 4.79 Å². The molecule has 27 nitrogen and oxygen atoms in total. The predicted octanol–water partition coefficient (Wildman–Crippen LogP) is 12.5. The Hall–Kier alpha value is -6.57. The predicted molar refractivity (Wildman–Crippen MR) is 427 cm³/mol. The van der Waals surface area contributed by atoms with Crippen LogP contribution < -0.4 is 71.3 Å². The van der Waals surface area contributed by atoms with E-state index in [0.29, 0.717) is 0 Å². The molecule has 2 aromatic carbocycles. The molecule has 0 aliphatic carbocycles. The van der Waals surface area contributed by atoms with E-state index in [1.54, 1.807) is 20.8 Å². The smallest absolute Gasteiger partial charge is 0.219 e. The molecule has 31 N–H and O–H groups in total. The van der Waals surface area contributed by atoms with Crippen LogP contribution in [0.2, 0.25) is 0 Å². The van der Waals surface area contributed by atoms with Crippen molar-refractivity contribution in [2.45, 2.75) is 215 Å². The molecule has 2 aromatic rings. The number of likely N-dealkylation sites (tertiary alicyclic amines) is 1. The molecule has 0 radical (unpaired) electrons. The van der Waals surface area contributed by atoms with Gasteiger partial charge in [-0.25, -0.2) is 0 Å². The Labute approximate surface area is 594 Å². The number of carbonyl (C=O) groups is 13. The molecule has 0 unspecified atom stereocenters. The van der Waals surface area contributed by atoms with E-state index in [0.717, 1.165) is 56.1 Å². The summed E-state index contributed by atoms with van der Waals surface area (Å²) >= 11 is 0. The lowest BCUT2D eigenvalue weighted by Gasteiger charge is -2.24. The van der Waals surface area contributed by atoms with Gasteiger partial charge in [-0.05, 0) is 129 Å². The van der Waals surface area contributed by atoms with Gasteiger partial charge in [-0.15, -0.1) is 0 Å². The molecule has 0 spiro atoms. The number of aliphatic hydroxyl groups excluding tert-OH is 1. The number of hydrogen-bond donors (Lipinski definition) is 13. The minimum atomic E-state index is -0.167. The lowest BCUT2D eigenvalue weighted by Crippen LogP contribution is -2.33. The normalized spacial score (nSPS) is 7.07. The Morgan fingerprint density at radius 1 is 0.375 bits per heavy atom. The molecule has 1 saturated heterocycles. The molecule has 598 valence electrons. The Kier molecular flexibility index (Phi) is 706. The van der Waals surface area contributed by atoms with Gasteiger partial charge in [0.05, 0.1) is 0 Å². The van der Waals surface area contributed by atoms with Crippen LogP contribution in [0.3, 0.4) is 0 Å². The summed E-state index contributed by atoms with van der Waals surface area (Å²) in [5, 5.41) is 8.06. The first kappa shape index (κ1) is 198. The molecular formula is C69H173N13O14. The first-order chi connectivity index (χ1) is 43.4. The van der Waals surface area contributed by atoms with E-state index in [1.807, 2.05) is 112 Å². The summed E-state index contributed by atoms with van der Waals surface area (Å²) in [6.07, 6.45) is 13.4. The zero-order valence-electron chi connectivity index (χ0n) is 67.5. The number of nitrogens with two attached hydrogens (primary N) is 6. The summed E-state index contributed by atoms with van der Waals surface area (Å²) in [6, 6.07) is 20.9. The molecule has 1 heterocycles. The van der Waals surface area contributed by atoms with Crippen LogP contribution in [0.15, 0.2) is 60.7 Å². The summed E-state index contributed by atoms with van der Waals surface area (Å²) in [6.45, 7) is 68.9. The van der Waals surface area contributed by atoms with Crippen LogP contribution in [-0.4, -0.2) is 158 Å². The number of aliphatic hydroxyl groups is 1. The van der Waals surface area contributed by atoms with Gasteiger partial charge >= 0.3 is 0 Å². The van der Waals surface area contributed by atoms with Gasteiger partial charge in [0.25, 0.3) is 0 Å². The number of amides is 1. The van der Waals surface area contributed by atoms with E-state index in [4.69, 9.17) is 68.4 Å². The largest absolute Gasteiger partial charge is 0.394 e. The molecule has 1 amide bonds. The average Bonchev–Trinajstić information content (AvgIpc) is 3.65. The van der Waals surface area contributed by atoms with Gasteiger partial charge in [0.2, 0.25) is 5.91 Å². The highest BCUT2D eigenvalue weighted by Crippen LogP contribution is 2.07. The van der Waals surface area contributed by atoms with Crippen LogP contribution in [-0.2, 0) is 75.2 Å². The monoisotopic (exact) mass is 1410 g/mol. The number of benzene rings is 2. The molecule has 1 fully saturated rings. The maximum Gasteiger partial charge on any atom is 0.219 e. The van der Waals surface area contributed by atoms with Crippen LogP contribution in [0.25, 0.3) is 0 Å². The highest BCUT2D eigenvalue weighted by molar-refractivity contribution is 5.73. The van der Waals surface area contributed by atoms with E-state index in [1.165, 1.54) is 104 Å². The summed E-state index contributed by atoms with van der Waals surface area (Å²) in [5.41, 5.74) is 30.5. The Bertz CT molecular complexity index is 1040. The van der Waals surface area contributed by atoms with E-state index >= 15 is 0 Å². The zero-order valence-corrected chi connectivity index (χ0v) is 67.5. The summed E-state index contributed by atoms with van der Waals surface area (Å²) in [7, 11) is 7.50. The van der Waals surface area contributed by atoms with Gasteiger partial charge in [-0.3, -0.25) is 4.79 Å². The van der Waals surface area contributed by atoms with Crippen LogP contribution >= 0.6 is 0 Å². The van der Waals surface area contributed by atoms with Gasteiger partial charge < -0.3 is 139 Å². The third kappa shape index (κ3) is 520. The zero-order chi connectivity index (χ0) is 79.2. The Balaban J connectivity index is -0.0000000172. The summed E-state index contributed by atoms with van der Waals surface area (Å²) < 4.78 is 0. The maximum atomic E-state index is 10.7. The van der Waals surface area contributed by atoms with Crippen molar-refractivity contribution < 1.29 is 67.4 Å². The number of unbranched alkanes of at least 4 members (excludes halogenated alkanes) is 1. The number of hydrogen-bond acceptors (Lipinski definition) is 26. The number of aryl methyl sites for hydroxylation is 2.